The van der Waals surface area contributed by atoms with Crippen molar-refractivity contribution in [3.8, 4) is 11.5 Å². The zero-order valence-electron chi connectivity index (χ0n) is 20.7. The molecule has 1 amide bonds. The molecule has 1 aromatic carbocycles. The van der Waals surface area contributed by atoms with Crippen molar-refractivity contribution in [2.24, 2.45) is 5.92 Å². The van der Waals surface area contributed by atoms with Gasteiger partial charge in [-0.15, -0.1) is 0 Å². The highest BCUT2D eigenvalue weighted by Gasteiger charge is 2.72. The van der Waals surface area contributed by atoms with E-state index in [1.807, 2.05) is 25.1 Å². The van der Waals surface area contributed by atoms with Crippen LogP contribution in [0.2, 0.25) is 0 Å². The van der Waals surface area contributed by atoms with Crippen LogP contribution in [0.5, 0.6) is 11.5 Å². The van der Waals surface area contributed by atoms with Gasteiger partial charge in [-0.25, -0.2) is 9.59 Å². The molecule has 4 aliphatic carbocycles. The molecule has 1 spiro atoms. The number of fused-ring (bicyclic) bond motifs is 1. The Kier molecular flexibility index (Phi) is 4.84. The fourth-order valence-electron chi connectivity index (χ4n) is 7.01. The Labute approximate surface area is 214 Å². The zero-order chi connectivity index (χ0) is 25.5. The van der Waals surface area contributed by atoms with Gasteiger partial charge in [0.05, 0.1) is 17.1 Å². The number of ketones is 1. The van der Waals surface area contributed by atoms with Crippen LogP contribution >= 0.6 is 0 Å². The van der Waals surface area contributed by atoms with Gasteiger partial charge in [0.2, 0.25) is 0 Å². The van der Waals surface area contributed by atoms with Crippen LogP contribution < -0.4 is 9.47 Å². The van der Waals surface area contributed by atoms with E-state index < -0.39 is 35.4 Å². The Bertz CT molecular complexity index is 1300. The maximum Gasteiger partial charge on any atom is 0.514 e. The van der Waals surface area contributed by atoms with Gasteiger partial charge in [-0.3, -0.25) is 4.79 Å². The van der Waals surface area contributed by atoms with Gasteiger partial charge in [-0.2, -0.15) is 0 Å². The maximum absolute atomic E-state index is 13.3. The lowest BCUT2D eigenvalue weighted by Crippen LogP contribution is -2.69. The molecule has 1 N–H and O–H groups in total. The molecule has 5 unspecified atom stereocenters. The number of aliphatic hydroxyl groups is 1. The summed E-state index contributed by atoms with van der Waals surface area (Å²) >= 11 is 0. The molecule has 9 nitrogen and oxygen atoms in total. The SMILES string of the molecule is CC1N(C(=O)OCC2=CC2)CC2Cc3ccc(OC(=O)OCC4=CC4)c4c3C3(C2)C(O4)C(=O)CCC13O. The van der Waals surface area contributed by atoms with Crippen LogP contribution in [0.15, 0.2) is 35.4 Å². The van der Waals surface area contributed by atoms with Crippen LogP contribution in [0.25, 0.3) is 0 Å². The molecule has 2 aliphatic heterocycles. The zero-order valence-corrected chi connectivity index (χ0v) is 20.7. The van der Waals surface area contributed by atoms with E-state index in [-0.39, 0.29) is 43.5 Å². The largest absolute Gasteiger partial charge is 0.514 e. The molecule has 2 bridgehead atoms. The van der Waals surface area contributed by atoms with Crippen molar-refractivity contribution in [2.45, 2.75) is 68.6 Å². The molecule has 7 rings (SSSR count). The second-order valence-corrected chi connectivity index (χ2v) is 11.2. The molecule has 1 saturated heterocycles. The number of hydrogen-bond donors (Lipinski definition) is 1. The Morgan fingerprint density at radius 3 is 2.62 bits per heavy atom. The van der Waals surface area contributed by atoms with Crippen molar-refractivity contribution in [1.29, 1.82) is 0 Å². The summed E-state index contributed by atoms with van der Waals surface area (Å²) in [7, 11) is 0. The highest BCUT2D eigenvalue weighted by atomic mass is 16.7. The standard InChI is InChI=1S/C28H29NO8/c1-15-28(33)9-8-20(30)24-27(28)11-18(12-29(15)25(31)34-13-16-2-3-16)10-19-6-7-21(23(37-24)22(19)27)36-26(32)35-14-17-4-5-17/h2,4,6-7,15,18,24,33H,3,5,8-14H2,1H3. The number of Topliss-reactive ketones (excluding diaryl/α,β-unsaturated/α-hetero) is 1. The second-order valence-electron chi connectivity index (χ2n) is 11.2. The Morgan fingerprint density at radius 2 is 1.89 bits per heavy atom. The molecular formula is C28H29NO8. The van der Waals surface area contributed by atoms with E-state index >= 15 is 0 Å². The number of carbonyl (C=O) groups excluding carboxylic acids is 3. The number of likely N-dealkylation sites (tertiary alicyclic amines) is 1. The summed E-state index contributed by atoms with van der Waals surface area (Å²) in [6.45, 7) is 2.70. The first kappa shape index (κ1) is 22.8. The number of rotatable bonds is 5. The van der Waals surface area contributed by atoms with Crippen LogP contribution in [0.3, 0.4) is 0 Å². The van der Waals surface area contributed by atoms with Gasteiger partial charge >= 0.3 is 12.2 Å². The van der Waals surface area contributed by atoms with Crippen molar-refractivity contribution < 1.29 is 38.4 Å². The summed E-state index contributed by atoms with van der Waals surface area (Å²) in [5.41, 5.74) is 1.32. The number of amides is 1. The number of ether oxygens (including phenoxy) is 4. The molecule has 5 atom stereocenters. The average molecular weight is 508 g/mol. The Morgan fingerprint density at radius 1 is 1.16 bits per heavy atom. The van der Waals surface area contributed by atoms with Crippen molar-refractivity contribution in [1.82, 2.24) is 4.90 Å². The number of nitrogens with zero attached hydrogens (tertiary/aromatic N) is 1. The lowest BCUT2D eigenvalue weighted by molar-refractivity contribution is -0.160. The van der Waals surface area contributed by atoms with Crippen molar-refractivity contribution in [2.75, 3.05) is 19.8 Å². The minimum atomic E-state index is -1.43. The Balaban J connectivity index is 1.28. The van der Waals surface area contributed by atoms with Gasteiger partial charge in [0.15, 0.2) is 23.4 Å². The topological polar surface area (TPSA) is 112 Å². The lowest BCUT2D eigenvalue weighted by Gasteiger charge is -2.54. The van der Waals surface area contributed by atoms with Crippen molar-refractivity contribution in [3.05, 3.63) is 46.6 Å². The van der Waals surface area contributed by atoms with Crippen LogP contribution in [0, 0.1) is 5.92 Å². The van der Waals surface area contributed by atoms with Gasteiger partial charge < -0.3 is 29.0 Å². The van der Waals surface area contributed by atoms with Gasteiger partial charge in [0.25, 0.3) is 0 Å². The van der Waals surface area contributed by atoms with E-state index in [1.165, 1.54) is 0 Å². The molecule has 2 fully saturated rings. The van der Waals surface area contributed by atoms with Crippen LogP contribution in [0.4, 0.5) is 9.59 Å². The fourth-order valence-corrected chi connectivity index (χ4v) is 7.01. The van der Waals surface area contributed by atoms with Gasteiger partial charge in [0, 0.05) is 18.5 Å². The van der Waals surface area contributed by atoms with E-state index in [2.05, 4.69) is 0 Å². The fraction of sp³-hybridized carbons (Fsp3) is 0.536. The summed E-state index contributed by atoms with van der Waals surface area (Å²) in [6, 6.07) is 2.93. The molecule has 9 heteroatoms. The van der Waals surface area contributed by atoms with Crippen molar-refractivity contribution in [3.63, 3.8) is 0 Å². The molecule has 194 valence electrons. The minimum Gasteiger partial charge on any atom is -0.477 e. The second kappa shape index (κ2) is 7.84. The highest BCUT2D eigenvalue weighted by Crippen LogP contribution is 2.64. The number of allylic oxidation sites excluding steroid dienone is 2. The molecule has 0 radical (unpaired) electrons. The van der Waals surface area contributed by atoms with Crippen LogP contribution in [-0.2, 0) is 26.1 Å². The third kappa shape index (κ3) is 3.36. The molecular weight excluding hydrogens is 478 g/mol. The Hall–Kier alpha value is -3.33. The quantitative estimate of drug-likeness (QED) is 0.367. The first-order valence-corrected chi connectivity index (χ1v) is 13.0. The maximum atomic E-state index is 13.3. The minimum absolute atomic E-state index is 0.00293. The number of carbonyl (C=O) groups is 3. The van der Waals surface area contributed by atoms with E-state index in [0.717, 1.165) is 35.1 Å². The third-order valence-corrected chi connectivity index (χ3v) is 9.06. The van der Waals surface area contributed by atoms with Gasteiger partial charge in [-0.1, -0.05) is 18.2 Å². The molecule has 2 heterocycles. The molecule has 1 saturated carbocycles. The summed E-state index contributed by atoms with van der Waals surface area (Å²) < 4.78 is 22.6. The van der Waals surface area contributed by atoms with Crippen LogP contribution in [-0.4, -0.2) is 65.5 Å². The predicted molar refractivity (Wildman–Crippen MR) is 128 cm³/mol. The molecule has 1 aromatic rings. The summed E-state index contributed by atoms with van der Waals surface area (Å²) in [6.07, 6.45) is 4.94. The number of hydrogen-bond acceptors (Lipinski definition) is 8. The first-order chi connectivity index (χ1) is 17.8. The average Bonchev–Trinajstić information content (AvgIpc) is 3.81. The van der Waals surface area contributed by atoms with E-state index in [1.54, 1.807) is 11.0 Å². The summed E-state index contributed by atoms with van der Waals surface area (Å²) in [5, 5.41) is 12.5. The summed E-state index contributed by atoms with van der Waals surface area (Å²) in [4.78, 5) is 40.6. The van der Waals surface area contributed by atoms with E-state index in [4.69, 9.17) is 18.9 Å². The first-order valence-electron chi connectivity index (χ1n) is 13.0. The smallest absolute Gasteiger partial charge is 0.477 e. The highest BCUT2D eigenvalue weighted by molar-refractivity contribution is 5.90. The normalized spacial score (nSPS) is 33.8. The van der Waals surface area contributed by atoms with E-state index in [9.17, 15) is 19.5 Å². The number of benzene rings is 1. The van der Waals surface area contributed by atoms with Crippen LogP contribution in [0.1, 0.15) is 50.2 Å². The predicted octanol–water partition coefficient (Wildman–Crippen LogP) is 3.36. The van der Waals surface area contributed by atoms with Gasteiger partial charge in [-0.05, 0) is 67.7 Å². The van der Waals surface area contributed by atoms with E-state index in [0.29, 0.717) is 25.1 Å². The lowest BCUT2D eigenvalue weighted by atomic mass is 9.51. The van der Waals surface area contributed by atoms with Crippen molar-refractivity contribution >= 4 is 18.0 Å². The molecule has 0 aromatic heterocycles. The van der Waals surface area contributed by atoms with Gasteiger partial charge in [0.1, 0.15) is 13.2 Å². The molecule has 6 aliphatic rings. The third-order valence-electron chi connectivity index (χ3n) is 9.06. The summed E-state index contributed by atoms with van der Waals surface area (Å²) in [5.74, 6) is 0.409. The molecule has 37 heavy (non-hydrogen) atoms. The monoisotopic (exact) mass is 507 g/mol.